The fourth-order valence-electron chi connectivity index (χ4n) is 3.90. The third-order valence-electron chi connectivity index (χ3n) is 5.25. The lowest BCUT2D eigenvalue weighted by Crippen LogP contribution is -2.39. The predicted octanol–water partition coefficient (Wildman–Crippen LogP) is 2.96. The topological polar surface area (TPSA) is 92.1 Å². The summed E-state index contributed by atoms with van der Waals surface area (Å²) < 4.78 is 0. The number of likely N-dealkylation sites (tertiary alicyclic amines) is 1. The van der Waals surface area contributed by atoms with Gasteiger partial charge in [-0.05, 0) is 41.7 Å². The number of piperidine rings is 1. The minimum Gasteiger partial charge on any atom is -0.364 e. The molecular formula is C21H22N4O2. The molecule has 4 rings (SSSR count). The van der Waals surface area contributed by atoms with Crippen LogP contribution in [0.1, 0.15) is 47.1 Å². The highest BCUT2D eigenvalue weighted by molar-refractivity contribution is 5.91. The zero-order valence-electron chi connectivity index (χ0n) is 15.0. The van der Waals surface area contributed by atoms with E-state index in [0.717, 1.165) is 41.3 Å². The first-order chi connectivity index (χ1) is 13.1. The van der Waals surface area contributed by atoms with Gasteiger partial charge < -0.3 is 10.6 Å². The van der Waals surface area contributed by atoms with Crippen molar-refractivity contribution in [1.82, 2.24) is 15.1 Å². The van der Waals surface area contributed by atoms with Crippen molar-refractivity contribution in [2.45, 2.75) is 31.7 Å². The third-order valence-corrected chi connectivity index (χ3v) is 5.25. The maximum absolute atomic E-state index is 13.1. The first-order valence-electron chi connectivity index (χ1n) is 9.24. The van der Waals surface area contributed by atoms with Gasteiger partial charge in [0, 0.05) is 6.54 Å². The van der Waals surface area contributed by atoms with Crippen LogP contribution in [0.4, 0.5) is 0 Å². The predicted molar refractivity (Wildman–Crippen MR) is 103 cm³/mol. The van der Waals surface area contributed by atoms with Crippen LogP contribution in [0.15, 0.2) is 48.5 Å². The Bertz CT molecular complexity index is 989. The lowest BCUT2D eigenvalue weighted by Gasteiger charge is -2.35. The van der Waals surface area contributed by atoms with E-state index in [1.165, 1.54) is 0 Å². The van der Waals surface area contributed by atoms with Crippen molar-refractivity contribution in [3.8, 4) is 0 Å². The molecule has 2 aromatic carbocycles. The monoisotopic (exact) mass is 362 g/mol. The maximum Gasteiger partial charge on any atom is 0.269 e. The molecule has 1 aromatic heterocycles. The number of benzene rings is 2. The molecule has 1 saturated heterocycles. The second kappa shape index (κ2) is 7.23. The number of aromatic nitrogens is 2. The van der Waals surface area contributed by atoms with E-state index < -0.39 is 5.91 Å². The summed E-state index contributed by atoms with van der Waals surface area (Å²) in [5, 5.41) is 9.11. The van der Waals surface area contributed by atoms with Crippen LogP contribution >= 0.6 is 0 Å². The van der Waals surface area contributed by atoms with Crippen LogP contribution in [0, 0.1) is 0 Å². The number of amides is 2. The molecule has 6 heteroatoms. The summed E-state index contributed by atoms with van der Waals surface area (Å²) >= 11 is 0. The van der Waals surface area contributed by atoms with Gasteiger partial charge in [-0.15, -0.1) is 0 Å². The summed E-state index contributed by atoms with van der Waals surface area (Å²) in [6.07, 6.45) is 3.22. The van der Waals surface area contributed by atoms with Crippen molar-refractivity contribution >= 4 is 22.6 Å². The number of hydrogen-bond acceptors (Lipinski definition) is 3. The summed E-state index contributed by atoms with van der Waals surface area (Å²) in [4.78, 5) is 26.4. The molecule has 0 radical (unpaired) electrons. The van der Waals surface area contributed by atoms with E-state index in [-0.39, 0.29) is 17.6 Å². The Balaban J connectivity index is 1.59. The quantitative estimate of drug-likeness (QED) is 0.747. The first-order valence-corrected chi connectivity index (χ1v) is 9.24. The van der Waals surface area contributed by atoms with Crippen molar-refractivity contribution in [2.75, 3.05) is 6.54 Å². The highest BCUT2D eigenvalue weighted by Gasteiger charge is 2.29. The highest BCUT2D eigenvalue weighted by atomic mass is 16.2. The van der Waals surface area contributed by atoms with Gasteiger partial charge in [0.2, 0.25) is 5.91 Å². The zero-order chi connectivity index (χ0) is 18.8. The third kappa shape index (κ3) is 3.43. The van der Waals surface area contributed by atoms with Crippen LogP contribution in [0.5, 0.6) is 0 Å². The van der Waals surface area contributed by atoms with E-state index in [2.05, 4.69) is 28.4 Å². The minimum absolute atomic E-state index is 0.0891. The van der Waals surface area contributed by atoms with Gasteiger partial charge in [-0.25, -0.2) is 0 Å². The molecule has 1 aliphatic heterocycles. The number of primary amides is 1. The molecule has 138 valence electrons. The summed E-state index contributed by atoms with van der Waals surface area (Å²) in [6, 6.07) is 15.7. The van der Waals surface area contributed by atoms with Crippen molar-refractivity contribution < 1.29 is 9.59 Å². The normalized spacial score (nSPS) is 17.2. The minimum atomic E-state index is -0.568. The molecule has 0 unspecified atom stereocenters. The van der Waals surface area contributed by atoms with Crippen molar-refractivity contribution in [3.05, 3.63) is 65.5 Å². The molecule has 27 heavy (non-hydrogen) atoms. The van der Waals surface area contributed by atoms with E-state index in [1.54, 1.807) is 6.07 Å². The van der Waals surface area contributed by atoms with Gasteiger partial charge >= 0.3 is 0 Å². The number of aromatic amines is 1. The molecule has 0 bridgehead atoms. The van der Waals surface area contributed by atoms with E-state index in [4.69, 9.17) is 5.73 Å². The average Bonchev–Trinajstić information content (AvgIpc) is 3.19. The summed E-state index contributed by atoms with van der Waals surface area (Å²) in [7, 11) is 0. The SMILES string of the molecule is NC(=O)c1cc([C@@H]2CCCCN2C(=O)Cc2cccc3ccccc23)[nH]n1. The zero-order valence-corrected chi connectivity index (χ0v) is 15.0. The highest BCUT2D eigenvalue weighted by Crippen LogP contribution is 2.31. The van der Waals surface area contributed by atoms with Crippen LogP contribution < -0.4 is 5.73 Å². The van der Waals surface area contributed by atoms with Crippen LogP contribution in [-0.2, 0) is 11.2 Å². The number of rotatable bonds is 4. The van der Waals surface area contributed by atoms with E-state index in [0.29, 0.717) is 13.0 Å². The van der Waals surface area contributed by atoms with Gasteiger partial charge in [0.25, 0.3) is 5.91 Å². The number of fused-ring (bicyclic) bond motifs is 1. The fraction of sp³-hybridized carbons (Fsp3) is 0.286. The van der Waals surface area contributed by atoms with Crippen molar-refractivity contribution in [3.63, 3.8) is 0 Å². The molecular weight excluding hydrogens is 340 g/mol. The average molecular weight is 362 g/mol. The number of nitrogens with one attached hydrogen (secondary N) is 1. The number of H-pyrrole nitrogens is 1. The Morgan fingerprint density at radius 3 is 2.78 bits per heavy atom. The van der Waals surface area contributed by atoms with Crippen LogP contribution in [-0.4, -0.2) is 33.5 Å². The molecule has 1 aliphatic rings. The molecule has 3 aromatic rings. The van der Waals surface area contributed by atoms with Crippen LogP contribution in [0.25, 0.3) is 10.8 Å². The lowest BCUT2D eigenvalue weighted by molar-refractivity contribution is -0.134. The Kier molecular flexibility index (Phi) is 4.62. The van der Waals surface area contributed by atoms with Gasteiger partial charge in [-0.1, -0.05) is 42.5 Å². The van der Waals surface area contributed by atoms with Crippen molar-refractivity contribution in [2.24, 2.45) is 5.73 Å². The van der Waals surface area contributed by atoms with E-state index in [9.17, 15) is 9.59 Å². The molecule has 0 saturated carbocycles. The lowest BCUT2D eigenvalue weighted by atomic mass is 9.97. The molecule has 1 fully saturated rings. The van der Waals surface area contributed by atoms with E-state index >= 15 is 0 Å². The number of hydrogen-bond donors (Lipinski definition) is 2. The Morgan fingerprint density at radius 1 is 1.15 bits per heavy atom. The van der Waals surface area contributed by atoms with E-state index in [1.807, 2.05) is 29.2 Å². The molecule has 0 aliphatic carbocycles. The standard InChI is InChI=1S/C21H22N4O2/c22-21(27)18-13-17(23-24-18)19-10-3-4-11-25(19)20(26)12-15-8-5-7-14-6-1-2-9-16(14)15/h1-2,5-9,13,19H,3-4,10-12H2,(H2,22,27)(H,23,24)/t19-/m0/s1. The Morgan fingerprint density at radius 2 is 1.96 bits per heavy atom. The largest absolute Gasteiger partial charge is 0.364 e. The van der Waals surface area contributed by atoms with Crippen LogP contribution in [0.2, 0.25) is 0 Å². The summed E-state index contributed by atoms with van der Waals surface area (Å²) in [5.74, 6) is -0.479. The number of carbonyl (C=O) groups excluding carboxylic acids is 2. The molecule has 3 N–H and O–H groups in total. The van der Waals surface area contributed by atoms with Gasteiger partial charge in [-0.2, -0.15) is 5.10 Å². The fourth-order valence-corrected chi connectivity index (χ4v) is 3.90. The molecule has 2 amide bonds. The van der Waals surface area contributed by atoms with Gasteiger partial charge in [0.05, 0.1) is 18.2 Å². The molecule has 2 heterocycles. The molecule has 0 spiro atoms. The second-order valence-electron chi connectivity index (χ2n) is 6.99. The van der Waals surface area contributed by atoms with Gasteiger partial charge in [0.15, 0.2) is 0 Å². The van der Waals surface area contributed by atoms with Gasteiger partial charge in [0.1, 0.15) is 5.69 Å². The molecule has 1 atom stereocenters. The van der Waals surface area contributed by atoms with Gasteiger partial charge in [-0.3, -0.25) is 14.7 Å². The smallest absolute Gasteiger partial charge is 0.269 e. The van der Waals surface area contributed by atoms with Crippen LogP contribution in [0.3, 0.4) is 0 Å². The molecule has 6 nitrogen and oxygen atoms in total. The number of nitrogens with two attached hydrogens (primary N) is 1. The Hall–Kier alpha value is -3.15. The van der Waals surface area contributed by atoms with Crippen molar-refractivity contribution in [1.29, 1.82) is 0 Å². The maximum atomic E-state index is 13.1. The Labute approximate surface area is 157 Å². The second-order valence-corrected chi connectivity index (χ2v) is 6.99. The first kappa shape index (κ1) is 17.3. The number of nitrogens with zero attached hydrogens (tertiary/aromatic N) is 2. The number of carbonyl (C=O) groups is 2. The summed E-state index contributed by atoms with van der Waals surface area (Å²) in [6.45, 7) is 0.708. The summed E-state index contributed by atoms with van der Waals surface area (Å²) in [5.41, 5.74) is 7.31.